The zero-order valence-electron chi connectivity index (χ0n) is 14.6. The van der Waals surface area contributed by atoms with Crippen molar-refractivity contribution in [2.75, 3.05) is 11.9 Å². The van der Waals surface area contributed by atoms with E-state index in [9.17, 15) is 9.59 Å². The number of esters is 1. The second kappa shape index (κ2) is 8.97. The van der Waals surface area contributed by atoms with Crippen molar-refractivity contribution < 1.29 is 14.3 Å². The summed E-state index contributed by atoms with van der Waals surface area (Å²) in [6.07, 6.45) is 0. The van der Waals surface area contributed by atoms with Gasteiger partial charge in [0.2, 0.25) is 0 Å². The summed E-state index contributed by atoms with van der Waals surface area (Å²) >= 11 is 19.2. The van der Waals surface area contributed by atoms with Gasteiger partial charge in [0.25, 0.3) is 5.91 Å². The van der Waals surface area contributed by atoms with Gasteiger partial charge >= 0.3 is 5.97 Å². The lowest BCUT2D eigenvalue weighted by Crippen LogP contribution is -2.15. The van der Waals surface area contributed by atoms with Crippen molar-refractivity contribution in [3.63, 3.8) is 0 Å². The molecule has 0 atom stereocenters. The first kappa shape index (κ1) is 20.7. The fraction of sp³-hybridized carbons (Fsp3) is 0.100. The molecule has 8 heteroatoms. The summed E-state index contributed by atoms with van der Waals surface area (Å²) in [5, 5.41) is 6.12. The van der Waals surface area contributed by atoms with E-state index in [4.69, 9.17) is 39.5 Å². The van der Waals surface area contributed by atoms with Crippen molar-refractivity contribution in [3.8, 4) is 11.1 Å². The van der Waals surface area contributed by atoms with Crippen LogP contribution in [0.25, 0.3) is 11.1 Å². The summed E-state index contributed by atoms with van der Waals surface area (Å²) in [5.41, 5.74) is 1.92. The summed E-state index contributed by atoms with van der Waals surface area (Å²) in [5.74, 6) is -0.997. The average molecular weight is 455 g/mol. The Morgan fingerprint density at radius 2 is 1.71 bits per heavy atom. The molecule has 0 aliphatic heterocycles. The molecule has 28 heavy (non-hydrogen) atoms. The van der Waals surface area contributed by atoms with Crippen molar-refractivity contribution in [2.45, 2.75) is 6.92 Å². The highest BCUT2D eigenvalue weighted by atomic mass is 35.5. The molecule has 0 fully saturated rings. The van der Waals surface area contributed by atoms with E-state index in [-0.39, 0.29) is 22.8 Å². The minimum Gasteiger partial charge on any atom is -0.462 e. The van der Waals surface area contributed by atoms with E-state index >= 15 is 0 Å². The van der Waals surface area contributed by atoms with E-state index in [1.165, 1.54) is 17.4 Å². The molecular weight excluding hydrogens is 441 g/mol. The number of hydrogen-bond acceptors (Lipinski definition) is 4. The number of nitrogens with one attached hydrogen (secondary N) is 1. The number of hydrogen-bond donors (Lipinski definition) is 1. The molecule has 1 heterocycles. The van der Waals surface area contributed by atoms with Crippen molar-refractivity contribution in [2.24, 2.45) is 0 Å². The summed E-state index contributed by atoms with van der Waals surface area (Å²) < 4.78 is 5.19. The first-order valence-corrected chi connectivity index (χ1v) is 10.2. The Morgan fingerprint density at radius 1 is 1.04 bits per heavy atom. The molecule has 0 saturated heterocycles. The maximum atomic E-state index is 12.7. The number of carbonyl (C=O) groups is 2. The van der Waals surface area contributed by atoms with Crippen molar-refractivity contribution in [3.05, 3.63) is 74.0 Å². The van der Waals surface area contributed by atoms with Gasteiger partial charge in [-0.2, -0.15) is 0 Å². The molecule has 4 nitrogen and oxygen atoms in total. The Morgan fingerprint density at radius 3 is 2.39 bits per heavy atom. The highest BCUT2D eigenvalue weighted by Crippen LogP contribution is 2.37. The first-order chi connectivity index (χ1) is 13.4. The third-order valence-corrected chi connectivity index (χ3v) is 5.54. The second-order valence-corrected chi connectivity index (χ2v) is 7.82. The van der Waals surface area contributed by atoms with Crippen molar-refractivity contribution >= 4 is 63.0 Å². The summed E-state index contributed by atoms with van der Waals surface area (Å²) in [6, 6.07) is 11.7. The monoisotopic (exact) mass is 453 g/mol. The lowest BCUT2D eigenvalue weighted by Gasteiger charge is -2.10. The van der Waals surface area contributed by atoms with Crippen LogP contribution in [0.2, 0.25) is 15.1 Å². The van der Waals surface area contributed by atoms with Crippen LogP contribution in [0.4, 0.5) is 5.00 Å². The molecule has 0 spiro atoms. The number of anilines is 1. The van der Waals surface area contributed by atoms with E-state index in [1.807, 2.05) is 0 Å². The molecule has 1 amide bonds. The molecule has 0 saturated carbocycles. The van der Waals surface area contributed by atoms with Crippen LogP contribution < -0.4 is 5.32 Å². The van der Waals surface area contributed by atoms with Crippen LogP contribution in [0.5, 0.6) is 0 Å². The van der Waals surface area contributed by atoms with Crippen molar-refractivity contribution in [1.82, 2.24) is 0 Å². The van der Waals surface area contributed by atoms with Crippen LogP contribution in [-0.2, 0) is 4.74 Å². The maximum absolute atomic E-state index is 12.7. The van der Waals surface area contributed by atoms with Crippen LogP contribution in [0.1, 0.15) is 27.6 Å². The third kappa shape index (κ3) is 4.50. The molecule has 1 aromatic heterocycles. The molecule has 3 rings (SSSR count). The van der Waals surface area contributed by atoms with E-state index in [0.29, 0.717) is 20.6 Å². The Bertz CT molecular complexity index is 1030. The normalized spacial score (nSPS) is 10.6. The molecule has 1 N–H and O–H groups in total. The third-order valence-electron chi connectivity index (χ3n) is 3.83. The zero-order valence-corrected chi connectivity index (χ0v) is 17.7. The molecule has 0 aliphatic rings. The Kier molecular flexibility index (Phi) is 6.62. The quantitative estimate of drug-likeness (QED) is 0.431. The molecule has 0 aliphatic carbocycles. The number of carbonyl (C=O) groups excluding carboxylic acids is 2. The molecule has 0 radical (unpaired) electrons. The number of thiophene rings is 1. The van der Waals surface area contributed by atoms with Crippen LogP contribution in [0.15, 0.2) is 47.8 Å². The highest BCUT2D eigenvalue weighted by molar-refractivity contribution is 7.15. The maximum Gasteiger partial charge on any atom is 0.341 e. The number of halogens is 3. The topological polar surface area (TPSA) is 55.4 Å². The summed E-state index contributed by atoms with van der Waals surface area (Å²) in [6.45, 7) is 1.93. The van der Waals surface area contributed by atoms with Crippen LogP contribution in [-0.4, -0.2) is 18.5 Å². The standard InChI is InChI=1S/C20H14Cl3NO3S/c1-2-27-20(26)17-15(11-3-5-12(21)6-4-11)10-28-19(17)24-18(25)14-9-13(22)7-8-16(14)23/h3-10H,2H2,1H3,(H,24,25). The van der Waals surface area contributed by atoms with Gasteiger partial charge in [-0.25, -0.2) is 4.79 Å². The minimum absolute atomic E-state index is 0.211. The smallest absolute Gasteiger partial charge is 0.341 e. The van der Waals surface area contributed by atoms with Gasteiger partial charge in [-0.3, -0.25) is 4.79 Å². The lowest BCUT2D eigenvalue weighted by atomic mass is 10.0. The van der Waals surface area contributed by atoms with E-state index < -0.39 is 11.9 Å². The number of amides is 1. The molecular formula is C20H14Cl3NO3S. The SMILES string of the molecule is CCOC(=O)c1c(-c2ccc(Cl)cc2)csc1NC(=O)c1cc(Cl)ccc1Cl. The van der Waals surface area contributed by atoms with Gasteiger partial charge in [0.1, 0.15) is 10.6 Å². The van der Waals surface area contributed by atoms with Gasteiger partial charge in [0.15, 0.2) is 0 Å². The van der Waals surface area contributed by atoms with Crippen LogP contribution in [0, 0.1) is 0 Å². The predicted octanol–water partition coefficient (Wildman–Crippen LogP) is 6.80. The fourth-order valence-corrected chi connectivity index (χ4v) is 3.99. The Labute approximate surface area is 181 Å². The average Bonchev–Trinajstić information content (AvgIpc) is 3.08. The van der Waals surface area contributed by atoms with Gasteiger partial charge in [-0.05, 0) is 42.8 Å². The Balaban J connectivity index is 2.01. The summed E-state index contributed by atoms with van der Waals surface area (Å²) in [7, 11) is 0. The second-order valence-electron chi connectivity index (χ2n) is 5.66. The molecule has 0 bridgehead atoms. The number of ether oxygens (including phenoxy) is 1. The minimum atomic E-state index is -0.527. The van der Waals surface area contributed by atoms with Gasteiger partial charge in [0.05, 0.1) is 17.2 Å². The molecule has 144 valence electrons. The van der Waals surface area contributed by atoms with Gasteiger partial charge in [-0.15, -0.1) is 11.3 Å². The predicted molar refractivity (Wildman–Crippen MR) is 115 cm³/mol. The van der Waals surface area contributed by atoms with E-state index in [2.05, 4.69) is 5.32 Å². The summed E-state index contributed by atoms with van der Waals surface area (Å²) in [4.78, 5) is 25.3. The van der Waals surface area contributed by atoms with Crippen molar-refractivity contribution in [1.29, 1.82) is 0 Å². The Hall–Kier alpha value is -2.05. The fourth-order valence-electron chi connectivity index (χ4n) is 2.54. The first-order valence-electron chi connectivity index (χ1n) is 8.21. The van der Waals surface area contributed by atoms with Gasteiger partial charge < -0.3 is 10.1 Å². The number of benzene rings is 2. The van der Waals surface area contributed by atoms with Crippen LogP contribution >= 0.6 is 46.1 Å². The molecule has 3 aromatic rings. The lowest BCUT2D eigenvalue weighted by molar-refractivity contribution is 0.0529. The van der Waals surface area contributed by atoms with Crippen LogP contribution in [0.3, 0.4) is 0 Å². The zero-order chi connectivity index (χ0) is 20.3. The highest BCUT2D eigenvalue weighted by Gasteiger charge is 2.23. The largest absolute Gasteiger partial charge is 0.462 e. The molecule has 0 unspecified atom stereocenters. The van der Waals surface area contributed by atoms with Gasteiger partial charge in [-0.1, -0.05) is 46.9 Å². The molecule has 2 aromatic carbocycles. The van der Waals surface area contributed by atoms with E-state index in [1.54, 1.807) is 48.7 Å². The van der Waals surface area contributed by atoms with E-state index in [0.717, 1.165) is 5.56 Å². The number of rotatable bonds is 5. The van der Waals surface area contributed by atoms with Gasteiger partial charge in [0, 0.05) is 21.0 Å².